The van der Waals surface area contributed by atoms with E-state index >= 15 is 0 Å². The number of aromatic nitrogens is 3. The van der Waals surface area contributed by atoms with Crippen LogP contribution in [0.4, 0.5) is 0 Å². The minimum Gasteiger partial charge on any atom is -0.271 e. The summed E-state index contributed by atoms with van der Waals surface area (Å²) >= 11 is 0. The van der Waals surface area contributed by atoms with Gasteiger partial charge in [0.25, 0.3) is 0 Å². The fourth-order valence-electron chi connectivity index (χ4n) is 1.78. The van der Waals surface area contributed by atoms with Crippen LogP contribution in [-0.2, 0) is 4.84 Å². The Morgan fingerprint density at radius 3 is 3.00 bits per heavy atom. The fraction of sp³-hybridized carbons (Fsp3) is 0.700. The van der Waals surface area contributed by atoms with Crippen LogP contribution in [-0.4, -0.2) is 39.3 Å². The van der Waals surface area contributed by atoms with Gasteiger partial charge in [-0.15, -0.1) is 5.10 Å². The molecule has 0 radical (unpaired) electrons. The minimum atomic E-state index is -0.233. The summed E-state index contributed by atoms with van der Waals surface area (Å²) in [7, 11) is 0. The van der Waals surface area contributed by atoms with Gasteiger partial charge in [0.2, 0.25) is 5.82 Å². The van der Waals surface area contributed by atoms with Crippen LogP contribution in [0.3, 0.4) is 0 Å². The first kappa shape index (κ1) is 9.77. The van der Waals surface area contributed by atoms with Gasteiger partial charge in [-0.1, -0.05) is 0 Å². The van der Waals surface area contributed by atoms with E-state index in [9.17, 15) is 4.79 Å². The first-order valence-electron chi connectivity index (χ1n) is 5.71. The van der Waals surface area contributed by atoms with E-state index < -0.39 is 0 Å². The monoisotopic (exact) mass is 222 g/mol. The molecule has 0 aromatic carbocycles. The Labute approximate surface area is 92.9 Å². The summed E-state index contributed by atoms with van der Waals surface area (Å²) in [4.78, 5) is 21.4. The van der Waals surface area contributed by atoms with Gasteiger partial charge in [0.15, 0.2) is 0 Å². The molecule has 2 fully saturated rings. The number of rotatable bonds is 2. The number of amides is 1. The Morgan fingerprint density at radius 2 is 2.31 bits per heavy atom. The van der Waals surface area contributed by atoms with Crippen LogP contribution in [0.25, 0.3) is 0 Å². The summed E-state index contributed by atoms with van der Waals surface area (Å²) in [5.74, 6) is 1.31. The second-order valence-corrected chi connectivity index (χ2v) is 4.27. The fourth-order valence-corrected chi connectivity index (χ4v) is 1.78. The van der Waals surface area contributed by atoms with Crippen LogP contribution >= 0.6 is 0 Å². The molecule has 3 rings (SSSR count). The Bertz CT molecular complexity index is 393. The Morgan fingerprint density at radius 1 is 1.44 bits per heavy atom. The van der Waals surface area contributed by atoms with E-state index in [0.29, 0.717) is 19.1 Å². The van der Waals surface area contributed by atoms with E-state index in [1.807, 2.05) is 0 Å². The van der Waals surface area contributed by atoms with E-state index in [1.54, 1.807) is 0 Å². The van der Waals surface area contributed by atoms with Crippen molar-refractivity contribution in [3.05, 3.63) is 11.6 Å². The van der Waals surface area contributed by atoms with Gasteiger partial charge in [-0.25, -0.2) is 10.0 Å². The minimum absolute atomic E-state index is 0.226. The molecule has 2 aliphatic rings. The zero-order valence-corrected chi connectivity index (χ0v) is 8.98. The number of nitrogens with zero attached hydrogens (tertiary/aromatic N) is 3. The van der Waals surface area contributed by atoms with Gasteiger partial charge in [0, 0.05) is 12.5 Å². The van der Waals surface area contributed by atoms with Gasteiger partial charge < -0.3 is 0 Å². The van der Waals surface area contributed by atoms with Crippen LogP contribution < -0.4 is 0 Å². The number of carbonyl (C=O) groups excluding carboxylic acids is 1. The van der Waals surface area contributed by atoms with Crippen LogP contribution in [0.5, 0.6) is 0 Å². The summed E-state index contributed by atoms with van der Waals surface area (Å²) in [6, 6.07) is 0. The van der Waals surface area contributed by atoms with Gasteiger partial charge >= 0.3 is 5.91 Å². The molecular weight excluding hydrogens is 208 g/mol. The standard InChI is InChI=1S/C10H14N4O2/c15-10(14-5-1-2-6-16-14)9-11-8(12-13-9)7-3-4-7/h7H,1-6H2,(H,11,12,13). The second-order valence-electron chi connectivity index (χ2n) is 4.27. The number of hydroxylamine groups is 2. The van der Waals surface area contributed by atoms with Crippen LogP contribution in [0, 0.1) is 0 Å². The molecule has 1 amide bonds. The lowest BCUT2D eigenvalue weighted by atomic mass is 10.3. The number of aromatic amines is 1. The lowest BCUT2D eigenvalue weighted by Crippen LogP contribution is -2.36. The van der Waals surface area contributed by atoms with Crippen molar-refractivity contribution in [1.29, 1.82) is 0 Å². The van der Waals surface area contributed by atoms with Crippen molar-refractivity contribution in [2.75, 3.05) is 13.2 Å². The van der Waals surface area contributed by atoms with E-state index in [0.717, 1.165) is 31.5 Å². The zero-order chi connectivity index (χ0) is 11.0. The molecule has 6 heteroatoms. The van der Waals surface area contributed by atoms with E-state index in [2.05, 4.69) is 15.2 Å². The van der Waals surface area contributed by atoms with Gasteiger partial charge in [-0.2, -0.15) is 0 Å². The summed E-state index contributed by atoms with van der Waals surface area (Å²) < 4.78 is 0. The zero-order valence-electron chi connectivity index (χ0n) is 8.98. The summed E-state index contributed by atoms with van der Waals surface area (Å²) in [6.45, 7) is 1.23. The van der Waals surface area contributed by atoms with E-state index in [1.165, 1.54) is 5.06 Å². The highest BCUT2D eigenvalue weighted by molar-refractivity contribution is 5.89. The normalized spacial score (nSPS) is 21.1. The van der Waals surface area contributed by atoms with Crippen molar-refractivity contribution in [2.24, 2.45) is 0 Å². The maximum Gasteiger partial charge on any atom is 0.317 e. The molecule has 1 aromatic rings. The van der Waals surface area contributed by atoms with Gasteiger partial charge in [-0.05, 0) is 25.7 Å². The molecule has 2 heterocycles. The third kappa shape index (κ3) is 1.80. The van der Waals surface area contributed by atoms with E-state index in [4.69, 9.17) is 4.84 Å². The Balaban J connectivity index is 1.71. The van der Waals surface area contributed by atoms with Crippen molar-refractivity contribution in [3.8, 4) is 0 Å². The van der Waals surface area contributed by atoms with Crippen LogP contribution in [0.15, 0.2) is 0 Å². The van der Waals surface area contributed by atoms with Crippen molar-refractivity contribution in [2.45, 2.75) is 31.6 Å². The predicted molar refractivity (Wildman–Crippen MR) is 54.6 cm³/mol. The lowest BCUT2D eigenvalue weighted by molar-refractivity contribution is -0.144. The second kappa shape index (κ2) is 3.86. The molecule has 16 heavy (non-hydrogen) atoms. The first-order chi connectivity index (χ1) is 7.84. The molecule has 1 aliphatic carbocycles. The first-order valence-corrected chi connectivity index (χ1v) is 5.71. The molecule has 0 bridgehead atoms. The number of nitrogens with one attached hydrogen (secondary N) is 1. The summed E-state index contributed by atoms with van der Waals surface area (Å²) in [5, 5.41) is 8.13. The van der Waals surface area contributed by atoms with Crippen LogP contribution in [0.2, 0.25) is 0 Å². The van der Waals surface area contributed by atoms with Gasteiger partial charge in [0.1, 0.15) is 5.82 Å². The highest BCUT2D eigenvalue weighted by atomic mass is 16.7. The summed E-state index contributed by atoms with van der Waals surface area (Å²) in [5.41, 5.74) is 0. The molecule has 1 aromatic heterocycles. The number of carbonyl (C=O) groups is 1. The Hall–Kier alpha value is -1.43. The molecule has 0 unspecified atom stereocenters. The number of hydrogen-bond donors (Lipinski definition) is 1. The molecule has 86 valence electrons. The maximum absolute atomic E-state index is 11.9. The molecule has 1 aliphatic heterocycles. The third-order valence-corrected chi connectivity index (χ3v) is 2.89. The average molecular weight is 222 g/mol. The van der Waals surface area contributed by atoms with E-state index in [-0.39, 0.29) is 11.7 Å². The molecule has 0 atom stereocenters. The SMILES string of the molecule is O=C(c1n[nH]c(C2CC2)n1)N1CCCCO1. The van der Waals surface area contributed by atoms with Crippen LogP contribution in [0.1, 0.15) is 48.0 Å². The smallest absolute Gasteiger partial charge is 0.271 e. The van der Waals surface area contributed by atoms with Crippen molar-refractivity contribution >= 4 is 5.91 Å². The van der Waals surface area contributed by atoms with Gasteiger partial charge in [-0.3, -0.25) is 14.7 Å². The molecule has 0 spiro atoms. The lowest BCUT2D eigenvalue weighted by Gasteiger charge is -2.24. The van der Waals surface area contributed by atoms with Crippen molar-refractivity contribution in [3.63, 3.8) is 0 Å². The number of H-pyrrole nitrogens is 1. The molecule has 1 saturated heterocycles. The van der Waals surface area contributed by atoms with Crippen molar-refractivity contribution < 1.29 is 9.63 Å². The topological polar surface area (TPSA) is 71.1 Å². The average Bonchev–Trinajstić information content (AvgIpc) is 3.08. The molecule has 6 nitrogen and oxygen atoms in total. The quantitative estimate of drug-likeness (QED) is 0.805. The van der Waals surface area contributed by atoms with Gasteiger partial charge in [0.05, 0.1) is 6.61 Å². The molecule has 1 saturated carbocycles. The largest absolute Gasteiger partial charge is 0.317 e. The molecular formula is C10H14N4O2. The maximum atomic E-state index is 11.9. The Kier molecular flexibility index (Phi) is 2.36. The van der Waals surface area contributed by atoms with Crippen molar-refractivity contribution in [1.82, 2.24) is 20.2 Å². The molecule has 1 N–H and O–H groups in total. The number of hydrogen-bond acceptors (Lipinski definition) is 4. The highest BCUT2D eigenvalue weighted by Crippen LogP contribution is 2.37. The summed E-state index contributed by atoms with van der Waals surface area (Å²) in [6.07, 6.45) is 4.27. The third-order valence-electron chi connectivity index (χ3n) is 2.89. The predicted octanol–water partition coefficient (Wildman–Crippen LogP) is 0.850. The highest BCUT2D eigenvalue weighted by Gasteiger charge is 2.29.